The zero-order valence-electron chi connectivity index (χ0n) is 41.0. The Morgan fingerprint density at radius 1 is 0.589 bits per heavy atom. The maximum absolute atomic E-state index is 14.7. The fraction of sp³-hybridized carbons (Fsp3) is 0.220. The monoisotopic (exact) mass is 978 g/mol. The molecule has 0 bridgehead atoms. The van der Waals surface area contributed by atoms with Gasteiger partial charge in [-0.1, -0.05) is 110 Å². The molecule has 14 heteroatoms. The van der Waals surface area contributed by atoms with E-state index in [9.17, 15) is 18.4 Å². The summed E-state index contributed by atoms with van der Waals surface area (Å²) in [6.45, 7) is 6.80. The Morgan fingerprint density at radius 3 is 1.66 bits per heavy atom. The number of rotatable bonds is 13. The molecular weight excluding hydrogens is 927 g/mol. The number of carbonyl (C=O) groups is 2. The van der Waals surface area contributed by atoms with Crippen molar-refractivity contribution in [3.63, 3.8) is 0 Å². The normalized spacial score (nSPS) is 12.1. The molecule has 12 nitrogen and oxygen atoms in total. The van der Waals surface area contributed by atoms with Crippen molar-refractivity contribution in [2.45, 2.75) is 85.5 Å². The lowest BCUT2D eigenvalue weighted by Gasteiger charge is -2.10. The second-order valence-electron chi connectivity index (χ2n) is 18.1. The van der Waals surface area contributed by atoms with Crippen LogP contribution in [0.3, 0.4) is 0 Å². The fourth-order valence-corrected chi connectivity index (χ4v) is 9.37. The van der Waals surface area contributed by atoms with Crippen LogP contribution in [0, 0.1) is 18.6 Å². The number of furan rings is 2. The number of nitrogens with zero attached hydrogens (tertiary/aromatic N) is 6. The molecular formula is C59H52F2N6O6. The van der Waals surface area contributed by atoms with Crippen LogP contribution in [0.15, 0.2) is 143 Å². The van der Waals surface area contributed by atoms with Gasteiger partial charge in [-0.05, 0) is 73.1 Å². The van der Waals surface area contributed by atoms with Gasteiger partial charge in [0.1, 0.15) is 34.4 Å². The van der Waals surface area contributed by atoms with Crippen LogP contribution in [0.1, 0.15) is 102 Å². The first-order valence-corrected chi connectivity index (χ1v) is 24.4. The van der Waals surface area contributed by atoms with Crippen molar-refractivity contribution in [1.82, 2.24) is 28.7 Å². The van der Waals surface area contributed by atoms with Gasteiger partial charge < -0.3 is 18.3 Å². The Morgan fingerprint density at radius 2 is 1.12 bits per heavy atom. The topological polar surface area (TPSA) is 139 Å². The van der Waals surface area contributed by atoms with Crippen LogP contribution in [-0.4, -0.2) is 40.7 Å². The quantitative estimate of drug-likeness (QED) is 0.103. The van der Waals surface area contributed by atoms with E-state index in [2.05, 4.69) is 25.1 Å². The molecule has 0 amide bonds. The number of benzene rings is 4. The summed E-state index contributed by atoms with van der Waals surface area (Å²) in [5, 5.41) is 0. The number of halogens is 2. The van der Waals surface area contributed by atoms with Crippen molar-refractivity contribution < 1.29 is 36.7 Å². The molecule has 4 aromatic carbocycles. The number of fused-ring (bicyclic) bond motifs is 3. The lowest BCUT2D eigenvalue weighted by molar-refractivity contribution is -0.133. The van der Waals surface area contributed by atoms with Gasteiger partial charge in [0, 0.05) is 56.6 Å². The number of esters is 2. The van der Waals surface area contributed by atoms with Gasteiger partial charge in [0.15, 0.2) is 22.9 Å². The Hall–Kier alpha value is -8.52. The molecule has 6 aromatic heterocycles. The molecule has 0 saturated heterocycles. The molecule has 1 aliphatic carbocycles. The standard InChI is InChI=1S/C30H25F2N3O3.C29H27N3O3/c1-18(36)37-30-25(16-22-14-20-10-5-6-13-27(20)38-22)34-29-24(15-21-11-7-12-23(31)28(21)32)33-26(17-35(29)30)19-8-3-2-4-9-19;1-4-22-16-24(34-19(22)2)17-26-29(35-20(3)33)32-18-27(23-13-9-6-10-14-23)30-25(28(32)31-26)15-21-11-7-5-8-12-21/h2-4,7-9,11-12,14,17H,5-6,10,13,15-16H2,1H3;5-14,16,18H,4,15,17H2,1-3H3. The van der Waals surface area contributed by atoms with Crippen LogP contribution >= 0.6 is 0 Å². The number of aryl methyl sites for hydroxylation is 4. The summed E-state index contributed by atoms with van der Waals surface area (Å²) in [6.07, 6.45) is 9.97. The molecule has 0 fully saturated rings. The summed E-state index contributed by atoms with van der Waals surface area (Å²) in [5.41, 5.74) is 10.2. The lowest BCUT2D eigenvalue weighted by atomic mass is 9.98. The minimum absolute atomic E-state index is 0.00121. The van der Waals surface area contributed by atoms with E-state index in [4.69, 9.17) is 38.2 Å². The Bertz CT molecular complexity index is 3600. The van der Waals surface area contributed by atoms with Gasteiger partial charge in [-0.3, -0.25) is 18.4 Å². The van der Waals surface area contributed by atoms with Crippen molar-refractivity contribution in [1.29, 1.82) is 0 Å². The van der Waals surface area contributed by atoms with E-state index in [0.29, 0.717) is 59.2 Å². The van der Waals surface area contributed by atoms with Crippen LogP contribution in [0.25, 0.3) is 33.8 Å². The average molecular weight is 979 g/mol. The van der Waals surface area contributed by atoms with Gasteiger partial charge in [0.05, 0.1) is 35.6 Å². The Balaban J connectivity index is 0.000000168. The van der Waals surface area contributed by atoms with E-state index in [1.54, 1.807) is 10.6 Å². The molecule has 1 aliphatic rings. The van der Waals surface area contributed by atoms with E-state index in [1.165, 1.54) is 31.5 Å². The Kier molecular flexibility index (Phi) is 13.9. The number of aromatic nitrogens is 6. The van der Waals surface area contributed by atoms with Crippen LogP contribution in [-0.2, 0) is 54.5 Å². The zero-order chi connectivity index (χ0) is 50.6. The fourth-order valence-electron chi connectivity index (χ4n) is 9.37. The minimum Gasteiger partial charge on any atom is -0.466 e. The van der Waals surface area contributed by atoms with Gasteiger partial charge in [0.2, 0.25) is 11.8 Å². The average Bonchev–Trinajstić information content (AvgIpc) is 4.16. The van der Waals surface area contributed by atoms with Gasteiger partial charge in [-0.15, -0.1) is 0 Å². The van der Waals surface area contributed by atoms with Gasteiger partial charge in [0.25, 0.3) is 0 Å². The number of imidazole rings is 2. The molecule has 0 N–H and O–H groups in total. The number of ether oxygens (including phenoxy) is 2. The van der Waals surface area contributed by atoms with Crippen molar-refractivity contribution in [3.8, 4) is 34.3 Å². The summed E-state index contributed by atoms with van der Waals surface area (Å²) in [5.74, 6) is 1.33. The first kappa shape index (κ1) is 48.1. The molecule has 0 saturated carbocycles. The molecule has 0 aliphatic heterocycles. The zero-order valence-corrected chi connectivity index (χ0v) is 41.0. The summed E-state index contributed by atoms with van der Waals surface area (Å²) < 4.78 is 55.7. The van der Waals surface area contributed by atoms with E-state index >= 15 is 0 Å². The smallest absolute Gasteiger partial charge is 0.309 e. The van der Waals surface area contributed by atoms with Crippen LogP contribution in [0.5, 0.6) is 11.8 Å². The largest absolute Gasteiger partial charge is 0.466 e. The third kappa shape index (κ3) is 10.6. The number of carbonyl (C=O) groups excluding carboxylic acids is 2. The predicted octanol–water partition coefficient (Wildman–Crippen LogP) is 12.2. The minimum atomic E-state index is -0.927. The van der Waals surface area contributed by atoms with E-state index in [-0.39, 0.29) is 17.9 Å². The highest BCUT2D eigenvalue weighted by atomic mass is 19.2. The van der Waals surface area contributed by atoms with Crippen molar-refractivity contribution in [3.05, 3.63) is 213 Å². The highest BCUT2D eigenvalue weighted by Crippen LogP contribution is 2.34. The van der Waals surface area contributed by atoms with Crippen molar-refractivity contribution >= 4 is 23.2 Å². The highest BCUT2D eigenvalue weighted by molar-refractivity contribution is 5.72. The summed E-state index contributed by atoms with van der Waals surface area (Å²) in [7, 11) is 0. The molecule has 0 spiro atoms. The van der Waals surface area contributed by atoms with Gasteiger partial charge in [-0.25, -0.2) is 28.7 Å². The highest BCUT2D eigenvalue weighted by Gasteiger charge is 2.25. The molecule has 368 valence electrons. The number of hydrogen-bond acceptors (Lipinski definition) is 10. The van der Waals surface area contributed by atoms with Crippen molar-refractivity contribution in [2.24, 2.45) is 0 Å². The first-order valence-electron chi connectivity index (χ1n) is 24.4. The van der Waals surface area contributed by atoms with Gasteiger partial charge in [-0.2, -0.15) is 0 Å². The third-order valence-electron chi connectivity index (χ3n) is 12.8. The molecule has 11 rings (SSSR count). The SMILES string of the molecule is CC(=O)Oc1c(Cc2cc3c(o2)CCCC3)nc2c(Cc3cccc(F)c3F)nc(-c3ccccc3)cn12.CCc1cc(Cc2nc3c(Cc4ccccc4)nc(-c4ccccc4)cn3c2OC(C)=O)oc1C. The molecule has 0 atom stereocenters. The maximum Gasteiger partial charge on any atom is 0.309 e. The second-order valence-corrected chi connectivity index (χ2v) is 18.1. The summed E-state index contributed by atoms with van der Waals surface area (Å²) in [6, 6.07) is 37.8. The van der Waals surface area contributed by atoms with Crippen LogP contribution < -0.4 is 9.47 Å². The third-order valence-corrected chi connectivity index (χ3v) is 12.8. The first-order chi connectivity index (χ1) is 35.5. The van der Waals surface area contributed by atoms with Gasteiger partial charge >= 0.3 is 11.9 Å². The number of hydrogen-bond donors (Lipinski definition) is 0. The van der Waals surface area contributed by atoms with Crippen molar-refractivity contribution in [2.75, 3.05) is 0 Å². The molecule has 73 heavy (non-hydrogen) atoms. The molecule has 6 heterocycles. The van der Waals surface area contributed by atoms with Crippen LogP contribution in [0.4, 0.5) is 8.78 Å². The molecule has 0 radical (unpaired) electrons. The molecule has 10 aromatic rings. The van der Waals surface area contributed by atoms with E-state index in [0.717, 1.165) is 94.9 Å². The van der Waals surface area contributed by atoms with E-state index < -0.39 is 23.6 Å². The summed E-state index contributed by atoms with van der Waals surface area (Å²) >= 11 is 0. The Labute approximate surface area is 420 Å². The lowest BCUT2D eigenvalue weighted by Crippen LogP contribution is -2.07. The van der Waals surface area contributed by atoms with Crippen LogP contribution in [0.2, 0.25) is 0 Å². The summed E-state index contributed by atoms with van der Waals surface area (Å²) in [4.78, 5) is 43.7. The predicted molar refractivity (Wildman–Crippen MR) is 272 cm³/mol. The maximum atomic E-state index is 14.7. The second kappa shape index (κ2) is 21.1. The molecule has 0 unspecified atom stereocenters. The van der Waals surface area contributed by atoms with E-state index in [1.807, 2.05) is 102 Å².